The smallest absolute Gasteiger partial charge is 0.237 e. The van der Waals surface area contributed by atoms with Gasteiger partial charge in [0.1, 0.15) is 11.6 Å². The third kappa shape index (κ3) is 6.40. The zero-order valence-electron chi connectivity index (χ0n) is 19.2. The molecular weight excluding hydrogens is 509 g/mol. The lowest BCUT2D eigenvalue weighted by atomic mass is 9.75. The molecule has 3 unspecified atom stereocenters. The molecule has 36 heavy (non-hydrogen) atoms. The van der Waals surface area contributed by atoms with Gasteiger partial charge in [0, 0.05) is 23.2 Å². The Kier molecular flexibility index (Phi) is 8.56. The molecule has 0 saturated heterocycles. The van der Waals surface area contributed by atoms with Crippen LogP contribution in [-0.4, -0.2) is 28.4 Å². The summed E-state index contributed by atoms with van der Waals surface area (Å²) in [5.74, 6) is -2.59. The summed E-state index contributed by atoms with van der Waals surface area (Å²) in [6.07, 6.45) is 0.255. The van der Waals surface area contributed by atoms with Gasteiger partial charge < -0.3 is 10.1 Å². The molecule has 4 rings (SSSR count). The summed E-state index contributed by atoms with van der Waals surface area (Å²) in [6.45, 7) is 0.288. The minimum atomic E-state index is -0.744. The van der Waals surface area contributed by atoms with Crippen LogP contribution >= 0.6 is 23.4 Å². The number of rotatable bonds is 9. The van der Waals surface area contributed by atoms with Crippen molar-refractivity contribution in [1.82, 2.24) is 4.42 Å². The predicted octanol–water partition coefficient (Wildman–Crippen LogP) is 6.15. The fourth-order valence-electron chi connectivity index (χ4n) is 4.09. The Balaban J connectivity index is 1.44. The van der Waals surface area contributed by atoms with Gasteiger partial charge in [-0.15, -0.1) is 0 Å². The van der Waals surface area contributed by atoms with Crippen molar-refractivity contribution in [3.05, 3.63) is 101 Å². The molecular formula is C27H24Cl2F2N2O3. The number of nitrogens with zero attached hydrogens (tertiary/aromatic N) is 1. The first kappa shape index (κ1) is 26.1. The molecule has 0 heterocycles. The van der Waals surface area contributed by atoms with E-state index in [0.717, 1.165) is 21.6 Å². The highest BCUT2D eigenvalue weighted by molar-refractivity contribution is 6.30. The number of halogens is 4. The molecule has 0 aromatic heterocycles. The van der Waals surface area contributed by atoms with Crippen molar-refractivity contribution >= 4 is 40.9 Å². The molecule has 188 valence electrons. The summed E-state index contributed by atoms with van der Waals surface area (Å²) in [4.78, 5) is 25.9. The lowest BCUT2D eigenvalue weighted by molar-refractivity contribution is -0.150. The third-order valence-electron chi connectivity index (χ3n) is 6.15. The number of nitrogens with one attached hydrogen (secondary N) is 1. The molecule has 9 heteroatoms. The molecule has 3 aromatic carbocycles. The molecule has 1 fully saturated rings. The summed E-state index contributed by atoms with van der Waals surface area (Å²) in [5.41, 5.74) is 1.71. The number of anilines is 1. The summed E-state index contributed by atoms with van der Waals surface area (Å²) >= 11 is 12.3. The van der Waals surface area contributed by atoms with E-state index < -0.39 is 35.7 Å². The normalized spacial score (nSPS) is 18.8. The van der Waals surface area contributed by atoms with Crippen molar-refractivity contribution in [2.75, 3.05) is 5.32 Å². The van der Waals surface area contributed by atoms with E-state index in [1.807, 2.05) is 30.3 Å². The summed E-state index contributed by atoms with van der Waals surface area (Å²) in [6, 6.07) is 18.6. The summed E-state index contributed by atoms with van der Waals surface area (Å²) in [7, 11) is 0. The van der Waals surface area contributed by atoms with Gasteiger partial charge >= 0.3 is 0 Å². The SMILES string of the molecule is O=C(Nc1ccc(Cl)cc1F)C1CC(OCc2ccccc2)C1N(Cl)C(=O)CCc1ccc(F)cc1. The number of carbonyl (C=O) groups excluding carboxylic acids is 2. The molecule has 0 spiro atoms. The highest BCUT2D eigenvalue weighted by Crippen LogP contribution is 2.38. The van der Waals surface area contributed by atoms with E-state index in [4.69, 9.17) is 28.1 Å². The van der Waals surface area contributed by atoms with Gasteiger partial charge in [-0.05, 0) is 54.3 Å². The average molecular weight is 533 g/mol. The number of hydrogen-bond donors (Lipinski definition) is 1. The van der Waals surface area contributed by atoms with Crippen LogP contribution in [0.1, 0.15) is 24.0 Å². The van der Waals surface area contributed by atoms with E-state index >= 15 is 0 Å². The van der Waals surface area contributed by atoms with Crippen molar-refractivity contribution in [3.63, 3.8) is 0 Å². The van der Waals surface area contributed by atoms with Crippen molar-refractivity contribution < 1.29 is 23.1 Å². The monoisotopic (exact) mass is 532 g/mol. The van der Waals surface area contributed by atoms with Gasteiger partial charge in [-0.25, -0.2) is 13.2 Å². The molecule has 1 saturated carbocycles. The predicted molar refractivity (Wildman–Crippen MR) is 134 cm³/mol. The lowest BCUT2D eigenvalue weighted by Crippen LogP contribution is -2.60. The second-order valence-electron chi connectivity index (χ2n) is 8.61. The maximum Gasteiger partial charge on any atom is 0.237 e. The van der Waals surface area contributed by atoms with Crippen molar-refractivity contribution in [3.8, 4) is 0 Å². The van der Waals surface area contributed by atoms with Crippen LogP contribution in [0.4, 0.5) is 14.5 Å². The van der Waals surface area contributed by atoms with Gasteiger partial charge in [0.2, 0.25) is 11.8 Å². The van der Waals surface area contributed by atoms with Crippen LogP contribution in [0.5, 0.6) is 0 Å². The van der Waals surface area contributed by atoms with Crippen LogP contribution in [0.15, 0.2) is 72.8 Å². The Morgan fingerprint density at radius 3 is 2.42 bits per heavy atom. The van der Waals surface area contributed by atoms with Gasteiger partial charge in [-0.3, -0.25) is 9.59 Å². The van der Waals surface area contributed by atoms with E-state index in [-0.39, 0.29) is 29.6 Å². The van der Waals surface area contributed by atoms with Crippen molar-refractivity contribution in [1.29, 1.82) is 0 Å². The van der Waals surface area contributed by atoms with Gasteiger partial charge in [-0.2, -0.15) is 0 Å². The van der Waals surface area contributed by atoms with Crippen LogP contribution in [0.2, 0.25) is 5.02 Å². The molecule has 1 aliphatic carbocycles. The maximum atomic E-state index is 14.2. The standard InChI is InChI=1S/C27H24Cl2F2N2O3/c28-19-9-12-23(22(31)14-19)32-27(35)21-15-24(36-16-18-4-2-1-3-5-18)26(21)33(29)25(34)13-8-17-6-10-20(30)11-7-17/h1-7,9-12,14,21,24,26H,8,13,15-16H2,(H,32,35). The molecule has 1 N–H and O–H groups in total. The van der Waals surface area contributed by atoms with Crippen LogP contribution in [-0.2, 0) is 27.4 Å². The molecule has 3 atom stereocenters. The van der Waals surface area contributed by atoms with Gasteiger partial charge in [-0.1, -0.05) is 54.1 Å². The fraction of sp³-hybridized carbons (Fsp3) is 0.259. The van der Waals surface area contributed by atoms with Gasteiger partial charge in [0.15, 0.2) is 0 Å². The lowest BCUT2D eigenvalue weighted by Gasteiger charge is -2.46. The Bertz CT molecular complexity index is 1210. The Hall–Kier alpha value is -3.00. The largest absolute Gasteiger partial charge is 0.371 e. The summed E-state index contributed by atoms with van der Waals surface area (Å²) < 4.78 is 34.4. The molecule has 2 amide bonds. The van der Waals surface area contributed by atoms with Gasteiger partial charge in [0.25, 0.3) is 0 Å². The number of aryl methyl sites for hydroxylation is 1. The van der Waals surface area contributed by atoms with E-state index in [9.17, 15) is 18.4 Å². The van der Waals surface area contributed by atoms with Crippen LogP contribution < -0.4 is 5.32 Å². The van der Waals surface area contributed by atoms with Crippen LogP contribution in [0, 0.1) is 17.6 Å². The van der Waals surface area contributed by atoms with Gasteiger partial charge in [0.05, 0.1) is 30.4 Å². The Morgan fingerprint density at radius 2 is 1.72 bits per heavy atom. The number of carbonyl (C=O) groups is 2. The second kappa shape index (κ2) is 11.8. The average Bonchev–Trinajstić information content (AvgIpc) is 2.85. The van der Waals surface area contributed by atoms with Crippen LogP contribution in [0.25, 0.3) is 0 Å². The molecule has 1 aliphatic rings. The minimum Gasteiger partial charge on any atom is -0.371 e. The second-order valence-corrected chi connectivity index (χ2v) is 9.41. The molecule has 5 nitrogen and oxygen atoms in total. The highest BCUT2D eigenvalue weighted by Gasteiger charge is 2.50. The minimum absolute atomic E-state index is 0.0134. The number of benzene rings is 3. The van der Waals surface area contributed by atoms with Crippen molar-refractivity contribution in [2.45, 2.75) is 38.0 Å². The van der Waals surface area contributed by atoms with E-state index in [0.29, 0.717) is 12.8 Å². The van der Waals surface area contributed by atoms with Crippen molar-refractivity contribution in [2.24, 2.45) is 5.92 Å². The van der Waals surface area contributed by atoms with E-state index in [2.05, 4.69) is 5.32 Å². The van der Waals surface area contributed by atoms with E-state index in [1.165, 1.54) is 24.3 Å². The first-order valence-corrected chi connectivity index (χ1v) is 12.2. The molecule has 0 bridgehead atoms. The number of hydrogen-bond acceptors (Lipinski definition) is 3. The Labute approximate surface area is 218 Å². The third-order valence-corrected chi connectivity index (χ3v) is 6.80. The topological polar surface area (TPSA) is 58.6 Å². The highest BCUT2D eigenvalue weighted by atomic mass is 35.5. The molecule has 0 aliphatic heterocycles. The number of ether oxygens (including phenoxy) is 1. The number of amides is 2. The molecule has 0 radical (unpaired) electrons. The zero-order valence-corrected chi connectivity index (χ0v) is 20.7. The Morgan fingerprint density at radius 1 is 1.00 bits per heavy atom. The maximum absolute atomic E-state index is 14.2. The first-order valence-electron chi connectivity index (χ1n) is 11.5. The van der Waals surface area contributed by atoms with E-state index in [1.54, 1.807) is 12.1 Å². The quantitative estimate of drug-likeness (QED) is 0.336. The zero-order chi connectivity index (χ0) is 25.7. The fourth-order valence-corrected chi connectivity index (χ4v) is 4.60. The molecule has 3 aromatic rings. The van der Waals surface area contributed by atoms with Crippen LogP contribution in [0.3, 0.4) is 0 Å². The first-order chi connectivity index (χ1) is 17.3. The summed E-state index contributed by atoms with van der Waals surface area (Å²) in [5, 5.41) is 2.77.